The van der Waals surface area contributed by atoms with Gasteiger partial charge in [0.1, 0.15) is 12.1 Å². The fraction of sp³-hybridized carbons (Fsp3) is 0.583. The lowest BCUT2D eigenvalue weighted by Gasteiger charge is -2.19. The van der Waals surface area contributed by atoms with Crippen LogP contribution < -0.4 is 5.32 Å². The van der Waals surface area contributed by atoms with Crippen LogP contribution in [0.1, 0.15) is 25.6 Å². The summed E-state index contributed by atoms with van der Waals surface area (Å²) in [4.78, 5) is 23.8. The average Bonchev–Trinajstić information content (AvgIpc) is 2.75. The minimum Gasteiger partial charge on any atom is -0.464 e. The van der Waals surface area contributed by atoms with E-state index in [9.17, 15) is 9.59 Å². The average molecular weight is 364 g/mol. The fourth-order valence-electron chi connectivity index (χ4n) is 1.62. The van der Waals surface area contributed by atoms with Crippen LogP contribution in [0.5, 0.6) is 0 Å². The Labute approximate surface area is 131 Å². The van der Waals surface area contributed by atoms with E-state index in [0.717, 1.165) is 10.2 Å². The number of carbonyl (C=O) groups is 2. The van der Waals surface area contributed by atoms with Crippen LogP contribution in [0.4, 0.5) is 0 Å². The summed E-state index contributed by atoms with van der Waals surface area (Å²) in [7, 11) is 0. The summed E-state index contributed by atoms with van der Waals surface area (Å²) in [6.45, 7) is 5.53. The Morgan fingerprint density at radius 2 is 2.25 bits per heavy atom. The van der Waals surface area contributed by atoms with Gasteiger partial charge in [0, 0.05) is 5.75 Å². The highest BCUT2D eigenvalue weighted by atomic mass is 79.9. The number of ether oxygens (including phenoxy) is 1. The molecule has 0 saturated carbocycles. The lowest BCUT2D eigenvalue weighted by Crippen LogP contribution is -2.45. The molecule has 0 aliphatic rings. The molecule has 1 heterocycles. The number of thiol groups is 1. The quantitative estimate of drug-likeness (QED) is 0.593. The van der Waals surface area contributed by atoms with E-state index in [1.807, 2.05) is 6.92 Å². The molecule has 0 bridgehead atoms. The van der Waals surface area contributed by atoms with Crippen molar-refractivity contribution in [1.82, 2.24) is 15.1 Å². The summed E-state index contributed by atoms with van der Waals surface area (Å²) in [5.74, 6) is -0.615. The Bertz CT molecular complexity index is 492. The lowest BCUT2D eigenvalue weighted by molar-refractivity contribution is -0.147. The molecule has 0 spiro atoms. The van der Waals surface area contributed by atoms with Crippen molar-refractivity contribution < 1.29 is 14.3 Å². The van der Waals surface area contributed by atoms with E-state index in [1.165, 1.54) is 0 Å². The maximum Gasteiger partial charge on any atom is 0.329 e. The standard InChI is InChI=1S/C12H18BrN3O3S/c1-4-19-12(18)10(6-20)15-11(17)8(3)16-7(2)9(13)5-14-16/h5,8,10,20H,4,6H2,1-3H3,(H,15,17)/t8?,10-/m0/s1. The van der Waals surface area contributed by atoms with Crippen molar-refractivity contribution in [1.29, 1.82) is 0 Å². The van der Waals surface area contributed by atoms with Crippen LogP contribution >= 0.6 is 28.6 Å². The number of aromatic nitrogens is 2. The number of hydrogen-bond acceptors (Lipinski definition) is 5. The van der Waals surface area contributed by atoms with Crippen molar-refractivity contribution in [2.45, 2.75) is 32.9 Å². The van der Waals surface area contributed by atoms with Crippen LogP contribution in [0.2, 0.25) is 0 Å². The fourth-order valence-corrected chi connectivity index (χ4v) is 2.13. The third kappa shape index (κ3) is 3.99. The van der Waals surface area contributed by atoms with Crippen LogP contribution in [-0.4, -0.2) is 40.1 Å². The van der Waals surface area contributed by atoms with E-state index >= 15 is 0 Å². The summed E-state index contributed by atoms with van der Waals surface area (Å²) in [5.41, 5.74) is 0.839. The molecule has 0 aliphatic heterocycles. The molecule has 1 rings (SSSR count). The topological polar surface area (TPSA) is 73.2 Å². The Kier molecular flexibility index (Phi) is 6.54. The molecule has 0 aliphatic carbocycles. The van der Waals surface area contributed by atoms with E-state index in [-0.39, 0.29) is 18.3 Å². The number of halogens is 1. The summed E-state index contributed by atoms with van der Waals surface area (Å²) < 4.78 is 7.29. The molecular weight excluding hydrogens is 346 g/mol. The lowest BCUT2D eigenvalue weighted by atomic mass is 10.2. The molecule has 1 aromatic rings. The van der Waals surface area contributed by atoms with Gasteiger partial charge in [0.2, 0.25) is 5.91 Å². The Balaban J connectivity index is 2.74. The summed E-state index contributed by atoms with van der Waals surface area (Å²) >= 11 is 7.40. The number of nitrogens with one attached hydrogen (secondary N) is 1. The molecule has 112 valence electrons. The second-order valence-electron chi connectivity index (χ2n) is 4.19. The van der Waals surface area contributed by atoms with Crippen LogP contribution in [-0.2, 0) is 14.3 Å². The number of nitrogens with zero attached hydrogens (tertiary/aromatic N) is 2. The van der Waals surface area contributed by atoms with Gasteiger partial charge in [-0.1, -0.05) is 0 Å². The van der Waals surface area contributed by atoms with Crippen LogP contribution in [0.15, 0.2) is 10.7 Å². The molecule has 8 heteroatoms. The molecule has 1 unspecified atom stereocenters. The van der Waals surface area contributed by atoms with Gasteiger partial charge in [0.05, 0.1) is 23.0 Å². The predicted octanol–water partition coefficient (Wildman–Crippen LogP) is 1.49. The molecular formula is C12H18BrN3O3S. The van der Waals surface area contributed by atoms with Gasteiger partial charge < -0.3 is 10.1 Å². The van der Waals surface area contributed by atoms with E-state index in [0.29, 0.717) is 0 Å². The zero-order valence-corrected chi connectivity index (χ0v) is 14.1. The van der Waals surface area contributed by atoms with Gasteiger partial charge in [-0.15, -0.1) is 0 Å². The van der Waals surface area contributed by atoms with Gasteiger partial charge in [-0.2, -0.15) is 17.7 Å². The maximum absolute atomic E-state index is 12.2. The van der Waals surface area contributed by atoms with Crippen LogP contribution in [0.25, 0.3) is 0 Å². The predicted molar refractivity (Wildman–Crippen MR) is 81.8 cm³/mol. The first-order valence-corrected chi connectivity index (χ1v) is 7.62. The third-order valence-corrected chi connectivity index (χ3v) is 3.94. The van der Waals surface area contributed by atoms with E-state index in [4.69, 9.17) is 4.74 Å². The molecule has 1 aromatic heterocycles. The van der Waals surface area contributed by atoms with E-state index < -0.39 is 18.1 Å². The number of rotatable bonds is 6. The maximum atomic E-state index is 12.2. The summed E-state index contributed by atoms with van der Waals surface area (Å²) in [6.07, 6.45) is 1.63. The Morgan fingerprint density at radius 3 is 2.70 bits per heavy atom. The van der Waals surface area contributed by atoms with E-state index in [1.54, 1.807) is 24.7 Å². The van der Waals surface area contributed by atoms with Crippen molar-refractivity contribution in [3.05, 3.63) is 16.4 Å². The first kappa shape index (κ1) is 17.0. The number of esters is 1. The highest BCUT2D eigenvalue weighted by Crippen LogP contribution is 2.18. The van der Waals surface area contributed by atoms with Gasteiger partial charge in [-0.25, -0.2) is 4.79 Å². The smallest absolute Gasteiger partial charge is 0.329 e. The van der Waals surface area contributed by atoms with Crippen LogP contribution in [0, 0.1) is 6.92 Å². The van der Waals surface area contributed by atoms with Gasteiger partial charge in [0.15, 0.2) is 0 Å². The van der Waals surface area contributed by atoms with Gasteiger partial charge in [-0.05, 0) is 36.7 Å². The zero-order valence-electron chi connectivity index (χ0n) is 11.6. The monoisotopic (exact) mass is 363 g/mol. The van der Waals surface area contributed by atoms with Crippen molar-refractivity contribution in [2.75, 3.05) is 12.4 Å². The van der Waals surface area contributed by atoms with Crippen molar-refractivity contribution in [3.63, 3.8) is 0 Å². The van der Waals surface area contributed by atoms with Gasteiger partial charge in [-0.3, -0.25) is 9.48 Å². The molecule has 1 N–H and O–H groups in total. The molecule has 1 amide bonds. The molecule has 20 heavy (non-hydrogen) atoms. The van der Waals surface area contributed by atoms with Gasteiger partial charge in [0.25, 0.3) is 0 Å². The second kappa shape index (κ2) is 7.68. The SMILES string of the molecule is CCOC(=O)[C@H](CS)NC(=O)C(C)n1ncc(Br)c1C. The number of carbonyl (C=O) groups excluding carboxylic acids is 2. The first-order chi connectivity index (χ1) is 9.42. The highest BCUT2D eigenvalue weighted by molar-refractivity contribution is 9.10. The molecule has 6 nitrogen and oxygen atoms in total. The number of amides is 1. The molecule has 0 radical (unpaired) electrons. The Morgan fingerprint density at radius 1 is 1.60 bits per heavy atom. The van der Waals surface area contributed by atoms with Crippen molar-refractivity contribution >= 4 is 40.4 Å². The molecule has 2 atom stereocenters. The minimum atomic E-state index is -0.757. The third-order valence-electron chi connectivity index (χ3n) is 2.80. The largest absolute Gasteiger partial charge is 0.464 e. The molecule has 0 fully saturated rings. The van der Waals surface area contributed by atoms with Crippen molar-refractivity contribution in [3.8, 4) is 0 Å². The summed E-state index contributed by atoms with van der Waals surface area (Å²) in [6, 6.07) is -1.29. The normalized spacial score (nSPS) is 13.7. The van der Waals surface area contributed by atoms with E-state index in [2.05, 4.69) is 39.0 Å². The summed E-state index contributed by atoms with van der Waals surface area (Å²) in [5, 5.41) is 6.74. The highest BCUT2D eigenvalue weighted by Gasteiger charge is 2.25. The second-order valence-corrected chi connectivity index (χ2v) is 5.41. The van der Waals surface area contributed by atoms with Crippen LogP contribution in [0.3, 0.4) is 0 Å². The Hall–Kier alpha value is -1.02. The minimum absolute atomic E-state index is 0.180. The molecule has 0 saturated heterocycles. The molecule has 0 aromatic carbocycles. The zero-order chi connectivity index (χ0) is 15.3. The van der Waals surface area contributed by atoms with Gasteiger partial charge >= 0.3 is 5.97 Å². The van der Waals surface area contributed by atoms with Crippen molar-refractivity contribution in [2.24, 2.45) is 0 Å². The number of hydrogen-bond donors (Lipinski definition) is 2. The first-order valence-electron chi connectivity index (χ1n) is 6.19.